The number of phenols is 2. The molecule has 200 valence electrons. The Morgan fingerprint density at radius 3 is 1.32 bits per heavy atom. The van der Waals surface area contributed by atoms with Crippen molar-refractivity contribution >= 4 is 0 Å². The van der Waals surface area contributed by atoms with E-state index in [9.17, 15) is 10.2 Å². The van der Waals surface area contributed by atoms with Gasteiger partial charge < -0.3 is 10.2 Å². The van der Waals surface area contributed by atoms with Gasteiger partial charge >= 0.3 is 0 Å². The van der Waals surface area contributed by atoms with Crippen LogP contribution in [0.15, 0.2) is 24.3 Å². The molecule has 2 nitrogen and oxygen atoms in total. The van der Waals surface area contributed by atoms with Gasteiger partial charge in [0.05, 0.1) is 0 Å². The summed E-state index contributed by atoms with van der Waals surface area (Å²) in [5.74, 6) is 3.21. The van der Waals surface area contributed by atoms with E-state index in [4.69, 9.17) is 0 Å². The van der Waals surface area contributed by atoms with Gasteiger partial charge in [-0.1, -0.05) is 76.9 Å². The molecule has 0 amide bonds. The van der Waals surface area contributed by atoms with Crippen LogP contribution in [0.2, 0.25) is 0 Å². The highest BCUT2D eigenvalue weighted by Crippen LogP contribution is 2.72. The van der Waals surface area contributed by atoms with Crippen LogP contribution < -0.4 is 0 Å². The Hall–Kier alpha value is -1.96. The zero-order valence-electron chi connectivity index (χ0n) is 24.5. The zero-order chi connectivity index (χ0) is 26.7. The van der Waals surface area contributed by atoms with Gasteiger partial charge in [0.15, 0.2) is 0 Å². The summed E-state index contributed by atoms with van der Waals surface area (Å²) in [5.41, 5.74) is 7.69. The maximum atomic E-state index is 11.7. The van der Waals surface area contributed by atoms with E-state index in [0.29, 0.717) is 40.6 Å². The van der Waals surface area contributed by atoms with Crippen molar-refractivity contribution in [1.82, 2.24) is 0 Å². The van der Waals surface area contributed by atoms with Crippen molar-refractivity contribution in [2.24, 2.45) is 33.5 Å². The lowest BCUT2D eigenvalue weighted by Crippen LogP contribution is -2.31. The lowest BCUT2D eigenvalue weighted by molar-refractivity contribution is 0.133. The smallest absolute Gasteiger partial charge is 0.122 e. The van der Waals surface area contributed by atoms with E-state index in [1.165, 1.54) is 49.7 Å². The Balaban J connectivity index is 1.38. The van der Waals surface area contributed by atoms with E-state index in [-0.39, 0.29) is 10.8 Å². The third-order valence-corrected chi connectivity index (χ3v) is 13.4. The fourth-order valence-electron chi connectivity index (χ4n) is 10.1. The highest BCUT2D eigenvalue weighted by molar-refractivity contribution is 5.53. The van der Waals surface area contributed by atoms with Gasteiger partial charge in [0.2, 0.25) is 0 Å². The second kappa shape index (κ2) is 7.80. The lowest BCUT2D eigenvalue weighted by atomic mass is 9.64. The van der Waals surface area contributed by atoms with Crippen LogP contribution in [0.3, 0.4) is 0 Å². The minimum Gasteiger partial charge on any atom is -0.507 e. The molecule has 0 aromatic heterocycles. The van der Waals surface area contributed by atoms with Crippen LogP contribution in [0, 0.1) is 47.3 Å². The fraction of sp³-hybridized carbons (Fsp3) is 0.657. The second-order valence-electron chi connectivity index (χ2n) is 15.2. The van der Waals surface area contributed by atoms with Crippen molar-refractivity contribution in [1.29, 1.82) is 0 Å². The Morgan fingerprint density at radius 1 is 0.649 bits per heavy atom. The van der Waals surface area contributed by atoms with Crippen molar-refractivity contribution in [2.75, 3.05) is 0 Å². The molecular weight excluding hydrogens is 452 g/mol. The van der Waals surface area contributed by atoms with E-state index in [0.717, 1.165) is 34.1 Å². The van der Waals surface area contributed by atoms with Crippen LogP contribution in [0.25, 0.3) is 0 Å². The average molecular weight is 501 g/mol. The molecule has 2 aromatic carbocycles. The van der Waals surface area contributed by atoms with Crippen LogP contribution in [0.1, 0.15) is 125 Å². The largest absolute Gasteiger partial charge is 0.507 e. The molecule has 4 bridgehead atoms. The molecular formula is C35H48O2. The minimum absolute atomic E-state index is 0.225. The maximum absolute atomic E-state index is 11.7. The van der Waals surface area contributed by atoms with Crippen LogP contribution in [0.4, 0.5) is 0 Å². The first-order valence-electron chi connectivity index (χ1n) is 14.9. The quantitative estimate of drug-likeness (QED) is 0.439. The Kier molecular flexibility index (Phi) is 5.34. The second-order valence-corrected chi connectivity index (χ2v) is 15.2. The van der Waals surface area contributed by atoms with Crippen molar-refractivity contribution in [3.63, 3.8) is 0 Å². The molecule has 0 radical (unpaired) electrons. The molecule has 2 aromatic rings. The summed E-state index contributed by atoms with van der Waals surface area (Å²) in [4.78, 5) is 0. The molecule has 0 saturated heterocycles. The predicted molar refractivity (Wildman–Crippen MR) is 152 cm³/mol. The highest BCUT2D eigenvalue weighted by atomic mass is 16.3. The monoisotopic (exact) mass is 500 g/mol. The van der Waals surface area contributed by atoms with Gasteiger partial charge in [0.25, 0.3) is 0 Å². The summed E-state index contributed by atoms with van der Waals surface area (Å²) < 4.78 is 0. The van der Waals surface area contributed by atoms with Crippen molar-refractivity contribution < 1.29 is 10.2 Å². The van der Waals surface area contributed by atoms with Gasteiger partial charge in [-0.25, -0.2) is 0 Å². The highest BCUT2D eigenvalue weighted by Gasteiger charge is 2.63. The first-order valence-corrected chi connectivity index (χ1v) is 14.9. The first-order chi connectivity index (χ1) is 17.2. The molecule has 0 spiro atoms. The van der Waals surface area contributed by atoms with E-state index in [1.54, 1.807) is 0 Å². The number of fused-ring (bicyclic) bond motifs is 4. The van der Waals surface area contributed by atoms with Crippen LogP contribution in [-0.4, -0.2) is 10.2 Å². The molecule has 0 unspecified atom stereocenters. The summed E-state index contributed by atoms with van der Waals surface area (Å²) in [6.07, 6.45) is 8.06. The molecule has 37 heavy (non-hydrogen) atoms. The Labute approximate surface area is 224 Å². The molecule has 0 aliphatic heterocycles. The summed E-state index contributed by atoms with van der Waals surface area (Å²) in [7, 11) is 0. The van der Waals surface area contributed by atoms with Crippen molar-refractivity contribution in [2.45, 2.75) is 112 Å². The number of hydrogen-bond donors (Lipinski definition) is 2. The van der Waals surface area contributed by atoms with Gasteiger partial charge in [0, 0.05) is 6.42 Å². The van der Waals surface area contributed by atoms with Crippen molar-refractivity contribution in [3.05, 3.63) is 57.6 Å². The molecule has 4 aliphatic rings. The molecule has 4 aliphatic carbocycles. The average Bonchev–Trinajstić information content (AvgIpc) is 3.35. The number of rotatable bonds is 4. The fourth-order valence-corrected chi connectivity index (χ4v) is 10.1. The Bertz CT molecular complexity index is 1170. The van der Waals surface area contributed by atoms with E-state index < -0.39 is 0 Å². The van der Waals surface area contributed by atoms with E-state index in [1.807, 2.05) is 0 Å². The third-order valence-electron chi connectivity index (χ3n) is 13.4. The van der Waals surface area contributed by atoms with E-state index >= 15 is 0 Å². The molecule has 6 rings (SSSR count). The predicted octanol–water partition coefficient (Wildman–Crippen LogP) is 9.17. The van der Waals surface area contributed by atoms with Crippen molar-refractivity contribution in [3.8, 4) is 11.5 Å². The molecule has 4 fully saturated rings. The molecule has 2 heteroatoms. The van der Waals surface area contributed by atoms with Gasteiger partial charge in [-0.3, -0.25) is 0 Å². The van der Waals surface area contributed by atoms with Gasteiger partial charge in [0.1, 0.15) is 11.5 Å². The number of aromatic hydroxyl groups is 2. The normalized spacial score (nSPS) is 37.0. The van der Waals surface area contributed by atoms with Gasteiger partial charge in [-0.2, -0.15) is 0 Å². The Morgan fingerprint density at radius 2 is 1.03 bits per heavy atom. The zero-order valence-corrected chi connectivity index (χ0v) is 24.5. The van der Waals surface area contributed by atoms with Crippen LogP contribution >= 0.6 is 0 Å². The van der Waals surface area contributed by atoms with Gasteiger partial charge in [-0.15, -0.1) is 0 Å². The van der Waals surface area contributed by atoms with E-state index in [2.05, 4.69) is 79.7 Å². The maximum Gasteiger partial charge on any atom is 0.122 e. The SMILES string of the molecule is Cc1cc(Cc2cc(C)cc([C@@H]3C[C@H]4CC[C@]3(C)C4(C)C)c2O)c(O)c([C@H]2C[C@@H]3CC[C@@]2(C)C3(C)C)c1. The molecule has 4 saturated carbocycles. The standard InChI is InChI=1S/C35H48O2/c1-20-13-22(30(36)26(15-20)28-18-24-9-11-34(28,7)32(24,3)4)17-23-14-21(2)16-27(31(23)37)29-19-25-10-12-35(29,8)33(25,5)6/h13-16,24-25,28-29,36-37H,9-12,17-19H2,1-8H3/t24-,25+,28+,29-,34+,35-. The summed E-state index contributed by atoms with van der Waals surface area (Å²) in [6.45, 7) is 19.0. The van der Waals surface area contributed by atoms with Crippen LogP contribution in [-0.2, 0) is 6.42 Å². The summed E-state index contributed by atoms with van der Waals surface area (Å²) in [6, 6.07) is 8.77. The van der Waals surface area contributed by atoms with Gasteiger partial charge in [-0.05, 0) is 120 Å². The lowest BCUT2D eigenvalue weighted by Gasteiger charge is -2.40. The molecule has 6 atom stereocenters. The third kappa shape index (κ3) is 3.23. The number of benzene rings is 2. The first kappa shape index (κ1) is 25.3. The molecule has 2 N–H and O–H groups in total. The minimum atomic E-state index is 0.225. The number of hydrogen-bond acceptors (Lipinski definition) is 2. The summed E-state index contributed by atoms with van der Waals surface area (Å²) >= 11 is 0. The summed E-state index contributed by atoms with van der Waals surface area (Å²) in [5, 5.41) is 23.4. The molecule has 0 heterocycles. The number of phenolic OH excluding ortho intramolecular Hbond substituents is 2. The van der Waals surface area contributed by atoms with Crippen LogP contribution in [0.5, 0.6) is 11.5 Å². The number of aryl methyl sites for hydroxylation is 2. The topological polar surface area (TPSA) is 40.5 Å².